The Morgan fingerprint density at radius 1 is 1.50 bits per heavy atom. The molecule has 0 atom stereocenters. The molecule has 0 aliphatic heterocycles. The number of aromatic nitrogens is 3. The summed E-state index contributed by atoms with van der Waals surface area (Å²) in [7, 11) is 0. The molecular weight excluding hydrogens is 285 g/mol. The van der Waals surface area contributed by atoms with Gasteiger partial charge in [-0.1, -0.05) is 42.3 Å². The predicted molar refractivity (Wildman–Crippen MR) is 71.5 cm³/mol. The van der Waals surface area contributed by atoms with Crippen molar-refractivity contribution in [1.29, 1.82) is 0 Å². The molecule has 0 aliphatic rings. The first kappa shape index (κ1) is 14.5. The SMILES string of the molecule is CCCc1c(C(=O)O)nnn1Cc1cccc(Cl)c1F. The highest BCUT2D eigenvalue weighted by Crippen LogP contribution is 2.19. The quantitative estimate of drug-likeness (QED) is 0.921. The van der Waals surface area contributed by atoms with Gasteiger partial charge in [0.25, 0.3) is 0 Å². The zero-order valence-electron chi connectivity index (χ0n) is 10.8. The van der Waals surface area contributed by atoms with Gasteiger partial charge < -0.3 is 5.11 Å². The van der Waals surface area contributed by atoms with Crippen molar-refractivity contribution in [2.45, 2.75) is 26.3 Å². The molecule has 2 rings (SSSR count). The Morgan fingerprint density at radius 3 is 2.90 bits per heavy atom. The first-order valence-electron chi connectivity index (χ1n) is 6.13. The Labute approximate surface area is 120 Å². The van der Waals surface area contributed by atoms with Crippen LogP contribution in [-0.4, -0.2) is 26.1 Å². The van der Waals surface area contributed by atoms with Crippen molar-refractivity contribution in [2.24, 2.45) is 0 Å². The van der Waals surface area contributed by atoms with Crippen LogP contribution in [0.25, 0.3) is 0 Å². The number of hydrogen-bond donors (Lipinski definition) is 1. The molecule has 1 heterocycles. The molecule has 1 N–H and O–H groups in total. The largest absolute Gasteiger partial charge is 0.476 e. The normalized spacial score (nSPS) is 10.8. The van der Waals surface area contributed by atoms with Crippen molar-refractivity contribution in [2.75, 3.05) is 0 Å². The van der Waals surface area contributed by atoms with E-state index in [9.17, 15) is 9.18 Å². The van der Waals surface area contributed by atoms with Gasteiger partial charge in [-0.25, -0.2) is 13.9 Å². The maximum Gasteiger partial charge on any atom is 0.358 e. The standard InChI is InChI=1S/C13H13ClFN3O2/c1-2-4-10-12(13(19)20)16-17-18(10)7-8-5-3-6-9(14)11(8)15/h3,5-6H,2,4,7H2,1H3,(H,19,20). The summed E-state index contributed by atoms with van der Waals surface area (Å²) >= 11 is 5.72. The average Bonchev–Trinajstić information content (AvgIpc) is 2.79. The van der Waals surface area contributed by atoms with E-state index in [-0.39, 0.29) is 17.3 Å². The third-order valence-corrected chi connectivity index (χ3v) is 3.17. The Balaban J connectivity index is 2.38. The summed E-state index contributed by atoms with van der Waals surface area (Å²) in [5.74, 6) is -1.66. The van der Waals surface area contributed by atoms with Crippen molar-refractivity contribution >= 4 is 17.6 Å². The lowest BCUT2D eigenvalue weighted by Gasteiger charge is -2.08. The Kier molecular flexibility index (Phi) is 4.34. The molecule has 0 fully saturated rings. The Morgan fingerprint density at radius 2 is 2.25 bits per heavy atom. The molecular formula is C13H13ClFN3O2. The fourth-order valence-electron chi connectivity index (χ4n) is 1.94. The average molecular weight is 298 g/mol. The van der Waals surface area contributed by atoms with Crippen LogP contribution in [0.4, 0.5) is 4.39 Å². The van der Waals surface area contributed by atoms with Crippen molar-refractivity contribution in [3.05, 3.63) is 46.0 Å². The molecule has 0 aliphatic carbocycles. The van der Waals surface area contributed by atoms with Crippen LogP contribution in [0.1, 0.15) is 35.1 Å². The number of aromatic carboxylic acids is 1. The summed E-state index contributed by atoms with van der Waals surface area (Å²) in [6.07, 6.45) is 1.25. The van der Waals surface area contributed by atoms with E-state index in [1.165, 1.54) is 10.7 Å². The molecule has 7 heteroatoms. The molecule has 0 amide bonds. The van der Waals surface area contributed by atoms with Crippen LogP contribution in [0.3, 0.4) is 0 Å². The lowest BCUT2D eigenvalue weighted by atomic mass is 10.1. The van der Waals surface area contributed by atoms with Crippen molar-refractivity contribution in [3.8, 4) is 0 Å². The second kappa shape index (κ2) is 6.00. The molecule has 0 saturated carbocycles. The minimum atomic E-state index is -1.13. The molecule has 0 unspecified atom stereocenters. The molecule has 1 aromatic heterocycles. The second-order valence-electron chi connectivity index (χ2n) is 4.31. The van der Waals surface area contributed by atoms with E-state index in [1.807, 2.05) is 6.92 Å². The molecule has 5 nitrogen and oxygen atoms in total. The second-order valence-corrected chi connectivity index (χ2v) is 4.72. The van der Waals surface area contributed by atoms with Gasteiger partial charge in [-0.2, -0.15) is 0 Å². The van der Waals surface area contributed by atoms with Crippen molar-refractivity contribution in [3.63, 3.8) is 0 Å². The van der Waals surface area contributed by atoms with Crippen LogP contribution in [-0.2, 0) is 13.0 Å². The van der Waals surface area contributed by atoms with Crippen LogP contribution >= 0.6 is 11.6 Å². The third kappa shape index (κ3) is 2.80. The van der Waals surface area contributed by atoms with Gasteiger partial charge in [0, 0.05) is 5.56 Å². The van der Waals surface area contributed by atoms with E-state index >= 15 is 0 Å². The molecule has 106 valence electrons. The zero-order chi connectivity index (χ0) is 14.7. The lowest BCUT2D eigenvalue weighted by molar-refractivity contribution is 0.0689. The first-order chi connectivity index (χ1) is 9.54. The number of hydrogen-bond acceptors (Lipinski definition) is 3. The predicted octanol–water partition coefficient (Wildman–Crippen LogP) is 2.77. The number of benzene rings is 1. The number of halogens is 2. The molecule has 20 heavy (non-hydrogen) atoms. The van der Waals surface area contributed by atoms with Gasteiger partial charge in [0.1, 0.15) is 5.82 Å². The van der Waals surface area contributed by atoms with Crippen LogP contribution in [0.5, 0.6) is 0 Å². The number of carbonyl (C=O) groups is 1. The van der Waals surface area contributed by atoms with E-state index in [0.717, 1.165) is 6.42 Å². The maximum atomic E-state index is 13.9. The molecule has 2 aromatic rings. The Bertz CT molecular complexity index is 643. The minimum Gasteiger partial charge on any atom is -0.476 e. The van der Waals surface area contributed by atoms with Crippen LogP contribution in [0.15, 0.2) is 18.2 Å². The third-order valence-electron chi connectivity index (χ3n) is 2.88. The van der Waals surface area contributed by atoms with E-state index in [1.54, 1.807) is 12.1 Å². The maximum absolute atomic E-state index is 13.9. The summed E-state index contributed by atoms with van der Waals surface area (Å²) in [6.45, 7) is 2.02. The van der Waals surface area contributed by atoms with E-state index < -0.39 is 11.8 Å². The fourth-order valence-corrected chi connectivity index (χ4v) is 2.14. The van der Waals surface area contributed by atoms with Gasteiger partial charge >= 0.3 is 5.97 Å². The van der Waals surface area contributed by atoms with Gasteiger partial charge in [0.15, 0.2) is 5.69 Å². The van der Waals surface area contributed by atoms with Gasteiger partial charge in [0.2, 0.25) is 0 Å². The number of carboxylic acid groups (broad SMARTS) is 1. The summed E-state index contributed by atoms with van der Waals surface area (Å²) in [5, 5.41) is 16.5. The smallest absolute Gasteiger partial charge is 0.358 e. The zero-order valence-corrected chi connectivity index (χ0v) is 11.6. The van der Waals surface area contributed by atoms with Gasteiger partial charge in [-0.05, 0) is 12.5 Å². The van der Waals surface area contributed by atoms with Crippen molar-refractivity contribution < 1.29 is 14.3 Å². The van der Waals surface area contributed by atoms with Gasteiger partial charge in [0.05, 0.1) is 17.3 Å². The number of rotatable bonds is 5. The van der Waals surface area contributed by atoms with E-state index in [4.69, 9.17) is 16.7 Å². The highest BCUT2D eigenvalue weighted by molar-refractivity contribution is 6.30. The van der Waals surface area contributed by atoms with E-state index in [0.29, 0.717) is 17.7 Å². The summed E-state index contributed by atoms with van der Waals surface area (Å²) in [4.78, 5) is 11.1. The number of carboxylic acids is 1. The summed E-state index contributed by atoms with van der Waals surface area (Å²) < 4.78 is 15.3. The van der Waals surface area contributed by atoms with Crippen LogP contribution in [0.2, 0.25) is 5.02 Å². The van der Waals surface area contributed by atoms with Crippen LogP contribution < -0.4 is 0 Å². The molecule has 1 aromatic carbocycles. The minimum absolute atomic E-state index is 0.0260. The van der Waals surface area contributed by atoms with E-state index in [2.05, 4.69) is 10.3 Å². The molecule has 0 bridgehead atoms. The molecule has 0 spiro atoms. The van der Waals surface area contributed by atoms with Crippen molar-refractivity contribution in [1.82, 2.24) is 15.0 Å². The molecule has 0 saturated heterocycles. The topological polar surface area (TPSA) is 68.0 Å². The summed E-state index contributed by atoms with van der Waals surface area (Å²) in [6, 6.07) is 4.67. The van der Waals surface area contributed by atoms with Crippen LogP contribution in [0, 0.1) is 5.82 Å². The summed E-state index contributed by atoms with van der Waals surface area (Å²) in [5.41, 5.74) is 0.741. The lowest BCUT2D eigenvalue weighted by Crippen LogP contribution is -2.10. The Hall–Kier alpha value is -1.95. The highest BCUT2D eigenvalue weighted by atomic mass is 35.5. The monoisotopic (exact) mass is 297 g/mol. The first-order valence-corrected chi connectivity index (χ1v) is 6.51. The molecule has 0 radical (unpaired) electrons. The number of nitrogens with zero attached hydrogens (tertiary/aromatic N) is 3. The highest BCUT2D eigenvalue weighted by Gasteiger charge is 2.19. The van der Waals surface area contributed by atoms with Gasteiger partial charge in [-0.15, -0.1) is 5.10 Å². The van der Waals surface area contributed by atoms with Gasteiger partial charge in [-0.3, -0.25) is 0 Å². The fraction of sp³-hybridized carbons (Fsp3) is 0.308.